The molecule has 0 unspecified atom stereocenters. The van der Waals surface area contributed by atoms with Gasteiger partial charge in [-0.15, -0.1) is 0 Å². The van der Waals surface area contributed by atoms with Gasteiger partial charge in [0.05, 0.1) is 0 Å². The lowest BCUT2D eigenvalue weighted by molar-refractivity contribution is 0.104. The van der Waals surface area contributed by atoms with Gasteiger partial charge >= 0.3 is 0 Å². The number of carbonyl (C=O) groups excluding carboxylic acids is 1. The van der Waals surface area contributed by atoms with Gasteiger partial charge in [-0.1, -0.05) is 24.3 Å². The van der Waals surface area contributed by atoms with Crippen molar-refractivity contribution in [2.24, 2.45) is 0 Å². The van der Waals surface area contributed by atoms with Crippen LogP contribution in [0.25, 0.3) is 0 Å². The molecule has 0 aromatic heterocycles. The summed E-state index contributed by atoms with van der Waals surface area (Å²) in [5.41, 5.74) is 5.22. The van der Waals surface area contributed by atoms with Crippen LogP contribution in [0, 0.1) is 20.8 Å². The Hall–Kier alpha value is -2.35. The average Bonchev–Trinajstić information content (AvgIpc) is 2.42. The highest BCUT2D eigenvalue weighted by atomic mass is 16.1. The van der Waals surface area contributed by atoms with Crippen molar-refractivity contribution in [2.75, 3.05) is 5.32 Å². The fourth-order valence-corrected chi connectivity index (χ4v) is 1.94. The number of carbonyl (C=O) groups is 1. The van der Waals surface area contributed by atoms with E-state index in [0.717, 1.165) is 16.8 Å². The van der Waals surface area contributed by atoms with Crippen LogP contribution in [-0.2, 0) is 0 Å². The molecule has 1 N–H and O–H groups in total. The molecule has 0 saturated carbocycles. The maximum absolute atomic E-state index is 12.0. The predicted octanol–water partition coefficient (Wildman–Crippen LogP) is 4.42. The van der Waals surface area contributed by atoms with E-state index in [9.17, 15) is 4.79 Å². The number of anilines is 1. The second kappa shape index (κ2) is 6.20. The van der Waals surface area contributed by atoms with Crippen molar-refractivity contribution in [2.45, 2.75) is 20.8 Å². The summed E-state index contributed by atoms with van der Waals surface area (Å²) in [5, 5.41) is 3.11. The van der Waals surface area contributed by atoms with Crippen LogP contribution in [0.4, 0.5) is 5.69 Å². The molecule has 2 heteroatoms. The molecule has 102 valence electrons. The van der Waals surface area contributed by atoms with E-state index in [1.807, 2.05) is 63.2 Å². The predicted molar refractivity (Wildman–Crippen MR) is 84.2 cm³/mol. The Morgan fingerprint density at radius 3 is 2.50 bits per heavy atom. The summed E-state index contributed by atoms with van der Waals surface area (Å²) in [6.07, 6.45) is 3.25. The zero-order valence-corrected chi connectivity index (χ0v) is 12.1. The first-order chi connectivity index (χ1) is 9.56. The van der Waals surface area contributed by atoms with Crippen molar-refractivity contribution >= 4 is 11.5 Å². The number of hydrogen-bond acceptors (Lipinski definition) is 2. The average molecular weight is 265 g/mol. The quantitative estimate of drug-likeness (QED) is 0.655. The van der Waals surface area contributed by atoms with E-state index in [1.165, 1.54) is 11.1 Å². The Bertz CT molecular complexity index is 656. The van der Waals surface area contributed by atoms with Crippen molar-refractivity contribution in [1.29, 1.82) is 0 Å². The third-order valence-corrected chi connectivity index (χ3v) is 3.29. The minimum absolute atomic E-state index is 0.00764. The van der Waals surface area contributed by atoms with Gasteiger partial charge in [0.2, 0.25) is 0 Å². The highest BCUT2D eigenvalue weighted by molar-refractivity contribution is 6.04. The van der Waals surface area contributed by atoms with E-state index >= 15 is 0 Å². The first-order valence-electron chi connectivity index (χ1n) is 6.67. The Morgan fingerprint density at radius 1 is 1.00 bits per heavy atom. The van der Waals surface area contributed by atoms with Crippen molar-refractivity contribution in [3.63, 3.8) is 0 Å². The van der Waals surface area contributed by atoms with Crippen molar-refractivity contribution in [1.82, 2.24) is 0 Å². The molecule has 0 heterocycles. The monoisotopic (exact) mass is 265 g/mol. The second-order valence-corrected chi connectivity index (χ2v) is 5.01. The molecule has 0 spiro atoms. The van der Waals surface area contributed by atoms with E-state index in [0.29, 0.717) is 0 Å². The number of nitrogens with one attached hydrogen (secondary N) is 1. The minimum atomic E-state index is 0.00764. The fraction of sp³-hybridized carbons (Fsp3) is 0.167. The standard InChI is InChI=1S/C18H19NO/c1-13-5-4-6-17(11-13)19-10-9-18(20)16-8-7-14(2)15(3)12-16/h4-12,19H,1-3H3/b10-9+. The molecular weight excluding hydrogens is 246 g/mol. The van der Waals surface area contributed by atoms with Crippen molar-refractivity contribution in [3.8, 4) is 0 Å². The number of allylic oxidation sites excluding steroid dienone is 1. The Balaban J connectivity index is 2.04. The van der Waals surface area contributed by atoms with E-state index in [2.05, 4.69) is 5.32 Å². The Labute approximate surface area is 120 Å². The minimum Gasteiger partial charge on any atom is -0.362 e. The number of aryl methyl sites for hydroxylation is 3. The van der Waals surface area contributed by atoms with Crippen molar-refractivity contribution in [3.05, 3.63) is 77.0 Å². The highest BCUT2D eigenvalue weighted by Gasteiger charge is 2.02. The van der Waals surface area contributed by atoms with Crippen molar-refractivity contribution < 1.29 is 4.79 Å². The second-order valence-electron chi connectivity index (χ2n) is 5.01. The van der Waals surface area contributed by atoms with Gasteiger partial charge < -0.3 is 5.32 Å². The van der Waals surface area contributed by atoms with E-state index in [-0.39, 0.29) is 5.78 Å². The van der Waals surface area contributed by atoms with Crippen LogP contribution in [0.1, 0.15) is 27.0 Å². The summed E-state index contributed by atoms with van der Waals surface area (Å²) in [4.78, 5) is 12.0. The summed E-state index contributed by atoms with van der Waals surface area (Å²) < 4.78 is 0. The lowest BCUT2D eigenvalue weighted by Crippen LogP contribution is -1.97. The van der Waals surface area contributed by atoms with Crippen LogP contribution < -0.4 is 5.32 Å². The molecule has 0 atom stereocenters. The van der Waals surface area contributed by atoms with Crippen LogP contribution in [0.15, 0.2) is 54.7 Å². The molecule has 0 bridgehead atoms. The first-order valence-corrected chi connectivity index (χ1v) is 6.67. The van der Waals surface area contributed by atoms with Gasteiger partial charge in [-0.05, 0) is 55.7 Å². The molecule has 2 aromatic rings. The normalized spacial score (nSPS) is 10.8. The first kappa shape index (κ1) is 14.1. The van der Waals surface area contributed by atoms with Gasteiger partial charge in [0.15, 0.2) is 5.78 Å². The maximum atomic E-state index is 12.0. The molecular formula is C18H19NO. The molecule has 0 saturated heterocycles. The number of benzene rings is 2. The third kappa shape index (κ3) is 3.58. The molecule has 2 rings (SSSR count). The number of rotatable bonds is 4. The van der Waals surface area contributed by atoms with Crippen LogP contribution in [0.3, 0.4) is 0 Å². The summed E-state index contributed by atoms with van der Waals surface area (Å²) in [6.45, 7) is 6.09. The lowest BCUT2D eigenvalue weighted by atomic mass is 10.0. The molecule has 20 heavy (non-hydrogen) atoms. The summed E-state index contributed by atoms with van der Waals surface area (Å²) in [6, 6.07) is 13.8. The third-order valence-electron chi connectivity index (χ3n) is 3.29. The molecule has 0 radical (unpaired) electrons. The molecule has 2 nitrogen and oxygen atoms in total. The summed E-state index contributed by atoms with van der Waals surface area (Å²) in [5.74, 6) is 0.00764. The lowest BCUT2D eigenvalue weighted by Gasteiger charge is -2.03. The smallest absolute Gasteiger partial charge is 0.187 e. The summed E-state index contributed by atoms with van der Waals surface area (Å²) in [7, 11) is 0. The van der Waals surface area contributed by atoms with Gasteiger partial charge in [-0.2, -0.15) is 0 Å². The largest absolute Gasteiger partial charge is 0.362 e. The zero-order valence-electron chi connectivity index (χ0n) is 12.1. The number of hydrogen-bond donors (Lipinski definition) is 1. The number of ketones is 1. The Morgan fingerprint density at radius 2 is 1.80 bits per heavy atom. The fourth-order valence-electron chi connectivity index (χ4n) is 1.94. The molecule has 0 aliphatic rings. The topological polar surface area (TPSA) is 29.1 Å². The Kier molecular flexibility index (Phi) is 4.36. The van der Waals surface area contributed by atoms with Crippen LogP contribution in [0.5, 0.6) is 0 Å². The van der Waals surface area contributed by atoms with Crippen LogP contribution in [0.2, 0.25) is 0 Å². The van der Waals surface area contributed by atoms with Crippen LogP contribution >= 0.6 is 0 Å². The van der Waals surface area contributed by atoms with E-state index in [4.69, 9.17) is 0 Å². The molecule has 0 aliphatic carbocycles. The van der Waals surface area contributed by atoms with Gasteiger partial charge in [0.25, 0.3) is 0 Å². The van der Waals surface area contributed by atoms with Gasteiger partial charge in [-0.3, -0.25) is 4.79 Å². The van der Waals surface area contributed by atoms with Gasteiger partial charge in [-0.25, -0.2) is 0 Å². The van der Waals surface area contributed by atoms with E-state index in [1.54, 1.807) is 12.3 Å². The maximum Gasteiger partial charge on any atom is 0.187 e. The molecule has 0 amide bonds. The zero-order chi connectivity index (χ0) is 14.5. The van der Waals surface area contributed by atoms with Gasteiger partial charge in [0.1, 0.15) is 0 Å². The highest BCUT2D eigenvalue weighted by Crippen LogP contribution is 2.12. The van der Waals surface area contributed by atoms with Gasteiger partial charge in [0, 0.05) is 23.5 Å². The molecule has 0 fully saturated rings. The molecule has 0 aliphatic heterocycles. The van der Waals surface area contributed by atoms with Crippen LogP contribution in [-0.4, -0.2) is 5.78 Å². The van der Waals surface area contributed by atoms with E-state index < -0.39 is 0 Å². The SMILES string of the molecule is Cc1cccc(N/C=C/C(=O)c2ccc(C)c(C)c2)c1. The summed E-state index contributed by atoms with van der Waals surface area (Å²) >= 11 is 0. The molecule has 2 aromatic carbocycles.